The standard InChI is InChI=1S/C12H15N3S/c1-2-5-9-11(8-13)16-12(15-9)10-6-3-4-7-14-10/h3-4,6-7H,2,5,8,13H2,1H3. The van der Waals surface area contributed by atoms with Gasteiger partial charge in [-0.15, -0.1) is 11.3 Å². The molecule has 0 atom stereocenters. The highest BCUT2D eigenvalue weighted by Gasteiger charge is 2.10. The van der Waals surface area contributed by atoms with Crippen LogP contribution in [-0.4, -0.2) is 9.97 Å². The van der Waals surface area contributed by atoms with Crippen LogP contribution in [0.3, 0.4) is 0 Å². The van der Waals surface area contributed by atoms with Crippen LogP contribution in [0.4, 0.5) is 0 Å². The second-order valence-corrected chi connectivity index (χ2v) is 4.64. The molecule has 0 fully saturated rings. The Bertz CT molecular complexity index is 451. The molecule has 4 heteroatoms. The van der Waals surface area contributed by atoms with E-state index in [-0.39, 0.29) is 0 Å². The summed E-state index contributed by atoms with van der Waals surface area (Å²) >= 11 is 1.65. The first-order valence-corrected chi connectivity index (χ1v) is 6.26. The summed E-state index contributed by atoms with van der Waals surface area (Å²) in [7, 11) is 0. The number of nitrogens with zero attached hydrogens (tertiary/aromatic N) is 2. The van der Waals surface area contributed by atoms with E-state index < -0.39 is 0 Å². The maximum Gasteiger partial charge on any atom is 0.142 e. The largest absolute Gasteiger partial charge is 0.326 e. The molecule has 0 saturated heterocycles. The average molecular weight is 233 g/mol. The number of pyridine rings is 1. The van der Waals surface area contributed by atoms with Gasteiger partial charge in [0.1, 0.15) is 5.01 Å². The Hall–Kier alpha value is -1.26. The van der Waals surface area contributed by atoms with Crippen molar-refractivity contribution in [2.75, 3.05) is 0 Å². The maximum atomic E-state index is 5.72. The molecule has 0 aliphatic heterocycles. The van der Waals surface area contributed by atoms with Gasteiger partial charge in [0.15, 0.2) is 0 Å². The predicted octanol–water partition coefficient (Wildman–Crippen LogP) is 2.62. The van der Waals surface area contributed by atoms with Crippen LogP contribution < -0.4 is 5.73 Å². The quantitative estimate of drug-likeness (QED) is 0.883. The van der Waals surface area contributed by atoms with E-state index in [1.165, 1.54) is 4.88 Å². The summed E-state index contributed by atoms with van der Waals surface area (Å²) in [5.74, 6) is 0. The minimum absolute atomic E-state index is 0.569. The fourth-order valence-corrected chi connectivity index (χ4v) is 2.54. The van der Waals surface area contributed by atoms with Crippen LogP contribution in [0.25, 0.3) is 10.7 Å². The summed E-state index contributed by atoms with van der Waals surface area (Å²) in [6.45, 7) is 2.72. The van der Waals surface area contributed by atoms with Gasteiger partial charge in [-0.05, 0) is 18.6 Å². The Labute approximate surface area is 99.4 Å². The molecule has 2 heterocycles. The first-order valence-electron chi connectivity index (χ1n) is 5.45. The van der Waals surface area contributed by atoms with Crippen LogP contribution in [-0.2, 0) is 13.0 Å². The highest BCUT2D eigenvalue weighted by Crippen LogP contribution is 2.26. The van der Waals surface area contributed by atoms with Gasteiger partial charge >= 0.3 is 0 Å². The Kier molecular flexibility index (Phi) is 3.64. The molecular weight excluding hydrogens is 218 g/mol. The molecule has 2 aromatic rings. The third-order valence-corrected chi connectivity index (χ3v) is 3.48. The van der Waals surface area contributed by atoms with Crippen LogP contribution in [0.15, 0.2) is 24.4 Å². The zero-order chi connectivity index (χ0) is 11.4. The molecule has 0 aromatic carbocycles. The number of aromatic nitrogens is 2. The van der Waals surface area contributed by atoms with Gasteiger partial charge in [0.25, 0.3) is 0 Å². The van der Waals surface area contributed by atoms with Crippen molar-refractivity contribution in [2.45, 2.75) is 26.3 Å². The number of aryl methyl sites for hydroxylation is 1. The van der Waals surface area contributed by atoms with E-state index in [1.54, 1.807) is 17.5 Å². The third-order valence-electron chi connectivity index (χ3n) is 2.33. The Morgan fingerprint density at radius 3 is 2.88 bits per heavy atom. The van der Waals surface area contributed by atoms with Crippen molar-refractivity contribution < 1.29 is 0 Å². The van der Waals surface area contributed by atoms with Crippen molar-refractivity contribution in [2.24, 2.45) is 5.73 Å². The van der Waals surface area contributed by atoms with E-state index in [0.29, 0.717) is 6.54 Å². The fourth-order valence-electron chi connectivity index (χ4n) is 1.57. The van der Waals surface area contributed by atoms with Crippen molar-refractivity contribution >= 4 is 11.3 Å². The number of nitrogens with two attached hydrogens (primary N) is 1. The van der Waals surface area contributed by atoms with Gasteiger partial charge in [-0.1, -0.05) is 19.4 Å². The third kappa shape index (κ3) is 2.28. The van der Waals surface area contributed by atoms with Gasteiger partial charge in [0, 0.05) is 17.6 Å². The maximum absolute atomic E-state index is 5.72. The lowest BCUT2D eigenvalue weighted by molar-refractivity contribution is 0.871. The first kappa shape index (κ1) is 11.2. The molecule has 2 N–H and O–H groups in total. The minimum atomic E-state index is 0.569. The van der Waals surface area contributed by atoms with E-state index in [0.717, 1.165) is 29.2 Å². The van der Waals surface area contributed by atoms with E-state index in [1.807, 2.05) is 18.2 Å². The Balaban J connectivity index is 2.36. The fraction of sp³-hybridized carbons (Fsp3) is 0.333. The Morgan fingerprint density at radius 2 is 2.25 bits per heavy atom. The molecule has 0 amide bonds. The molecule has 0 radical (unpaired) electrons. The average Bonchev–Trinajstić information content (AvgIpc) is 2.74. The van der Waals surface area contributed by atoms with Crippen LogP contribution >= 0.6 is 11.3 Å². The number of thiazole rings is 1. The predicted molar refractivity (Wildman–Crippen MR) is 67.2 cm³/mol. The monoisotopic (exact) mass is 233 g/mol. The van der Waals surface area contributed by atoms with Gasteiger partial charge < -0.3 is 5.73 Å². The van der Waals surface area contributed by atoms with E-state index >= 15 is 0 Å². The second-order valence-electron chi connectivity index (χ2n) is 3.56. The van der Waals surface area contributed by atoms with Crippen LogP contribution in [0.2, 0.25) is 0 Å². The molecule has 2 aromatic heterocycles. The number of hydrogen-bond acceptors (Lipinski definition) is 4. The lowest BCUT2D eigenvalue weighted by atomic mass is 10.2. The van der Waals surface area contributed by atoms with E-state index in [2.05, 4.69) is 16.9 Å². The minimum Gasteiger partial charge on any atom is -0.326 e. The van der Waals surface area contributed by atoms with Gasteiger partial charge in [0.2, 0.25) is 0 Å². The molecule has 0 saturated carbocycles. The first-order chi connectivity index (χ1) is 7.85. The Morgan fingerprint density at radius 1 is 1.38 bits per heavy atom. The summed E-state index contributed by atoms with van der Waals surface area (Å²) < 4.78 is 0. The summed E-state index contributed by atoms with van der Waals surface area (Å²) in [6.07, 6.45) is 3.88. The van der Waals surface area contributed by atoms with Crippen LogP contribution in [0, 0.1) is 0 Å². The molecule has 84 valence electrons. The van der Waals surface area contributed by atoms with Crippen molar-refractivity contribution in [3.63, 3.8) is 0 Å². The molecule has 2 rings (SSSR count). The molecule has 0 aliphatic carbocycles. The highest BCUT2D eigenvalue weighted by atomic mass is 32.1. The SMILES string of the molecule is CCCc1nc(-c2ccccn2)sc1CN. The van der Waals surface area contributed by atoms with E-state index in [4.69, 9.17) is 5.73 Å². The highest BCUT2D eigenvalue weighted by molar-refractivity contribution is 7.15. The van der Waals surface area contributed by atoms with Crippen LogP contribution in [0.1, 0.15) is 23.9 Å². The molecule has 0 aliphatic rings. The van der Waals surface area contributed by atoms with Crippen molar-refractivity contribution in [3.05, 3.63) is 35.0 Å². The summed E-state index contributed by atoms with van der Waals surface area (Å²) in [5.41, 5.74) is 7.79. The summed E-state index contributed by atoms with van der Waals surface area (Å²) in [6, 6.07) is 5.87. The van der Waals surface area contributed by atoms with Crippen molar-refractivity contribution in [1.82, 2.24) is 9.97 Å². The summed E-state index contributed by atoms with van der Waals surface area (Å²) in [5, 5.41) is 0.976. The zero-order valence-corrected chi connectivity index (χ0v) is 10.1. The van der Waals surface area contributed by atoms with Crippen molar-refractivity contribution in [3.8, 4) is 10.7 Å². The van der Waals surface area contributed by atoms with E-state index in [9.17, 15) is 0 Å². The van der Waals surface area contributed by atoms with Gasteiger partial charge in [-0.2, -0.15) is 0 Å². The topological polar surface area (TPSA) is 51.8 Å². The van der Waals surface area contributed by atoms with Crippen molar-refractivity contribution in [1.29, 1.82) is 0 Å². The zero-order valence-electron chi connectivity index (χ0n) is 9.31. The molecule has 0 spiro atoms. The molecule has 0 unspecified atom stereocenters. The normalized spacial score (nSPS) is 10.6. The smallest absolute Gasteiger partial charge is 0.142 e. The number of rotatable bonds is 4. The van der Waals surface area contributed by atoms with Crippen LogP contribution in [0.5, 0.6) is 0 Å². The lowest BCUT2D eigenvalue weighted by Gasteiger charge is -1.94. The second kappa shape index (κ2) is 5.18. The molecule has 16 heavy (non-hydrogen) atoms. The summed E-state index contributed by atoms with van der Waals surface area (Å²) in [4.78, 5) is 10.1. The molecule has 0 bridgehead atoms. The molecular formula is C12H15N3S. The lowest BCUT2D eigenvalue weighted by Crippen LogP contribution is -1.97. The van der Waals surface area contributed by atoms with Gasteiger partial charge in [-0.25, -0.2) is 4.98 Å². The van der Waals surface area contributed by atoms with Gasteiger partial charge in [-0.3, -0.25) is 4.98 Å². The van der Waals surface area contributed by atoms with Gasteiger partial charge in [0.05, 0.1) is 11.4 Å². The molecule has 3 nitrogen and oxygen atoms in total. The number of hydrogen-bond donors (Lipinski definition) is 1.